The molecular formula is C17H19NO3. The Morgan fingerprint density at radius 3 is 2.67 bits per heavy atom. The van der Waals surface area contributed by atoms with Crippen molar-refractivity contribution in [1.29, 1.82) is 0 Å². The fourth-order valence-corrected chi connectivity index (χ4v) is 2.85. The zero-order valence-electron chi connectivity index (χ0n) is 11.9. The number of hydrogen-bond acceptors (Lipinski definition) is 3. The maximum atomic E-state index is 11.4. The van der Waals surface area contributed by atoms with Gasteiger partial charge in [0.15, 0.2) is 0 Å². The highest BCUT2D eigenvalue weighted by atomic mass is 16.5. The largest absolute Gasteiger partial charge is 0.491 e. The molecule has 4 nitrogen and oxygen atoms in total. The molecule has 0 atom stereocenters. The van der Waals surface area contributed by atoms with Gasteiger partial charge in [0.05, 0.1) is 0 Å². The van der Waals surface area contributed by atoms with Crippen LogP contribution >= 0.6 is 0 Å². The van der Waals surface area contributed by atoms with E-state index in [-0.39, 0.29) is 5.56 Å². The highest BCUT2D eigenvalue weighted by Gasteiger charge is 2.16. The van der Waals surface area contributed by atoms with E-state index in [0.29, 0.717) is 12.4 Å². The lowest BCUT2D eigenvalue weighted by atomic mass is 10.1. The monoisotopic (exact) mass is 285 g/mol. The van der Waals surface area contributed by atoms with Gasteiger partial charge in [-0.15, -0.1) is 0 Å². The number of likely N-dealkylation sites (tertiary alicyclic amines) is 1. The number of carboxylic acid groups (broad SMARTS) is 1. The Hall–Kier alpha value is -2.07. The molecule has 21 heavy (non-hydrogen) atoms. The summed E-state index contributed by atoms with van der Waals surface area (Å²) in [6.45, 7) is 3.60. The lowest BCUT2D eigenvalue weighted by Gasteiger charge is -2.17. The van der Waals surface area contributed by atoms with E-state index < -0.39 is 5.97 Å². The van der Waals surface area contributed by atoms with E-state index in [2.05, 4.69) is 4.90 Å². The van der Waals surface area contributed by atoms with Crippen LogP contribution in [0.2, 0.25) is 0 Å². The van der Waals surface area contributed by atoms with Crippen LogP contribution in [0.25, 0.3) is 10.8 Å². The lowest BCUT2D eigenvalue weighted by molar-refractivity contribution is 0.0692. The Bertz CT molecular complexity index is 648. The Labute approximate surface area is 123 Å². The minimum Gasteiger partial charge on any atom is -0.491 e. The van der Waals surface area contributed by atoms with Crippen LogP contribution in [0.3, 0.4) is 0 Å². The maximum Gasteiger partial charge on any atom is 0.339 e. The van der Waals surface area contributed by atoms with Crippen molar-refractivity contribution in [3.8, 4) is 5.75 Å². The predicted octanol–water partition coefficient (Wildman–Crippen LogP) is 3.01. The molecular weight excluding hydrogens is 266 g/mol. The van der Waals surface area contributed by atoms with E-state index in [4.69, 9.17) is 4.74 Å². The van der Waals surface area contributed by atoms with Crippen molar-refractivity contribution in [3.63, 3.8) is 0 Å². The van der Waals surface area contributed by atoms with Gasteiger partial charge < -0.3 is 9.84 Å². The summed E-state index contributed by atoms with van der Waals surface area (Å²) in [4.78, 5) is 13.7. The molecule has 3 rings (SSSR count). The van der Waals surface area contributed by atoms with Gasteiger partial charge in [0.1, 0.15) is 17.9 Å². The first-order valence-electron chi connectivity index (χ1n) is 7.36. The molecule has 0 radical (unpaired) electrons. The van der Waals surface area contributed by atoms with E-state index in [1.807, 2.05) is 30.3 Å². The highest BCUT2D eigenvalue weighted by molar-refractivity contribution is 6.00. The SMILES string of the molecule is O=C(O)c1ccc2ccccc2c1OCCN1CCCC1. The van der Waals surface area contributed by atoms with Crippen LogP contribution in [0.4, 0.5) is 0 Å². The standard InChI is InChI=1S/C17H19NO3/c19-17(20)15-8-7-13-5-1-2-6-14(13)16(15)21-12-11-18-9-3-4-10-18/h1-2,5-8H,3-4,9-12H2,(H,19,20). The molecule has 1 aliphatic rings. The van der Waals surface area contributed by atoms with E-state index in [1.165, 1.54) is 12.8 Å². The second-order valence-corrected chi connectivity index (χ2v) is 5.37. The smallest absolute Gasteiger partial charge is 0.339 e. The van der Waals surface area contributed by atoms with Crippen molar-refractivity contribution in [2.75, 3.05) is 26.2 Å². The molecule has 0 aromatic heterocycles. The summed E-state index contributed by atoms with van der Waals surface area (Å²) in [5.74, 6) is -0.461. The molecule has 0 unspecified atom stereocenters. The van der Waals surface area contributed by atoms with Crippen LogP contribution in [0.5, 0.6) is 5.75 Å². The number of fused-ring (bicyclic) bond motifs is 1. The van der Waals surface area contributed by atoms with Crippen molar-refractivity contribution < 1.29 is 14.6 Å². The van der Waals surface area contributed by atoms with Crippen molar-refractivity contribution in [2.45, 2.75) is 12.8 Å². The first-order valence-corrected chi connectivity index (χ1v) is 7.36. The number of carbonyl (C=O) groups is 1. The van der Waals surface area contributed by atoms with Crippen molar-refractivity contribution in [2.24, 2.45) is 0 Å². The first kappa shape index (κ1) is 13.9. The normalized spacial score (nSPS) is 15.4. The number of ether oxygens (including phenoxy) is 1. The summed E-state index contributed by atoms with van der Waals surface area (Å²) >= 11 is 0. The second-order valence-electron chi connectivity index (χ2n) is 5.37. The summed E-state index contributed by atoms with van der Waals surface area (Å²) in [6.07, 6.45) is 2.49. The topological polar surface area (TPSA) is 49.8 Å². The second kappa shape index (κ2) is 6.14. The van der Waals surface area contributed by atoms with Crippen LogP contribution in [0, 0.1) is 0 Å². The Morgan fingerprint density at radius 1 is 1.14 bits per heavy atom. The van der Waals surface area contributed by atoms with E-state index in [0.717, 1.165) is 30.4 Å². The third-order valence-corrected chi connectivity index (χ3v) is 3.96. The van der Waals surface area contributed by atoms with Gasteiger partial charge in [0.2, 0.25) is 0 Å². The zero-order chi connectivity index (χ0) is 14.7. The molecule has 0 aliphatic carbocycles. The van der Waals surface area contributed by atoms with Gasteiger partial charge in [0, 0.05) is 11.9 Å². The summed E-state index contributed by atoms with van der Waals surface area (Å²) < 4.78 is 5.85. The van der Waals surface area contributed by atoms with Gasteiger partial charge in [-0.3, -0.25) is 4.90 Å². The molecule has 1 N–H and O–H groups in total. The van der Waals surface area contributed by atoms with E-state index in [1.54, 1.807) is 6.07 Å². The Kier molecular flexibility index (Phi) is 4.06. The number of benzene rings is 2. The molecule has 1 fully saturated rings. The number of hydrogen-bond donors (Lipinski definition) is 1. The molecule has 4 heteroatoms. The lowest BCUT2D eigenvalue weighted by Crippen LogP contribution is -2.25. The fourth-order valence-electron chi connectivity index (χ4n) is 2.85. The molecule has 1 aliphatic heterocycles. The molecule has 0 amide bonds. The molecule has 110 valence electrons. The van der Waals surface area contributed by atoms with E-state index in [9.17, 15) is 9.90 Å². The summed E-state index contributed by atoms with van der Waals surface area (Å²) in [5, 5.41) is 11.2. The highest BCUT2D eigenvalue weighted by Crippen LogP contribution is 2.30. The van der Waals surface area contributed by atoms with Crippen molar-refractivity contribution in [1.82, 2.24) is 4.90 Å². The van der Waals surface area contributed by atoms with Gasteiger partial charge >= 0.3 is 5.97 Å². The number of aromatic carboxylic acids is 1. The van der Waals surface area contributed by atoms with Gasteiger partial charge in [-0.2, -0.15) is 0 Å². The third kappa shape index (κ3) is 3.00. The molecule has 1 heterocycles. The van der Waals surface area contributed by atoms with Crippen LogP contribution < -0.4 is 4.74 Å². The molecule has 0 saturated carbocycles. The van der Waals surface area contributed by atoms with Crippen LogP contribution in [-0.2, 0) is 0 Å². The Morgan fingerprint density at radius 2 is 1.90 bits per heavy atom. The number of carboxylic acids is 1. The van der Waals surface area contributed by atoms with Crippen LogP contribution in [0.1, 0.15) is 23.2 Å². The van der Waals surface area contributed by atoms with Gasteiger partial charge in [0.25, 0.3) is 0 Å². The third-order valence-electron chi connectivity index (χ3n) is 3.96. The molecule has 0 bridgehead atoms. The first-order chi connectivity index (χ1) is 10.3. The minimum absolute atomic E-state index is 0.232. The average Bonchev–Trinajstić information content (AvgIpc) is 3.00. The van der Waals surface area contributed by atoms with Gasteiger partial charge in [-0.25, -0.2) is 4.79 Å². The van der Waals surface area contributed by atoms with Gasteiger partial charge in [-0.05, 0) is 37.4 Å². The minimum atomic E-state index is -0.947. The van der Waals surface area contributed by atoms with E-state index >= 15 is 0 Å². The van der Waals surface area contributed by atoms with Crippen LogP contribution in [0.15, 0.2) is 36.4 Å². The molecule has 2 aromatic carbocycles. The van der Waals surface area contributed by atoms with Crippen molar-refractivity contribution in [3.05, 3.63) is 42.0 Å². The van der Waals surface area contributed by atoms with Gasteiger partial charge in [-0.1, -0.05) is 30.3 Å². The number of nitrogens with zero attached hydrogens (tertiary/aromatic N) is 1. The fraction of sp³-hybridized carbons (Fsp3) is 0.353. The summed E-state index contributed by atoms with van der Waals surface area (Å²) in [5.41, 5.74) is 0.232. The molecule has 0 spiro atoms. The zero-order valence-corrected chi connectivity index (χ0v) is 11.9. The molecule has 2 aromatic rings. The molecule has 1 saturated heterocycles. The summed E-state index contributed by atoms with van der Waals surface area (Å²) in [6, 6.07) is 11.2. The van der Waals surface area contributed by atoms with Crippen molar-refractivity contribution >= 4 is 16.7 Å². The maximum absolute atomic E-state index is 11.4. The Balaban J connectivity index is 1.83. The number of rotatable bonds is 5. The summed E-state index contributed by atoms with van der Waals surface area (Å²) in [7, 11) is 0. The van der Waals surface area contributed by atoms with Crippen LogP contribution in [-0.4, -0.2) is 42.2 Å². The average molecular weight is 285 g/mol. The predicted molar refractivity (Wildman–Crippen MR) is 82.1 cm³/mol. The quantitative estimate of drug-likeness (QED) is 0.917.